The minimum atomic E-state index is -0.778. The number of benzene rings is 1. The lowest BCUT2D eigenvalue weighted by atomic mass is 9.94. The summed E-state index contributed by atoms with van der Waals surface area (Å²) in [5.74, 6) is -1.31. The maximum Gasteiger partial charge on any atom is 0.317 e. The van der Waals surface area contributed by atoms with Crippen LogP contribution >= 0.6 is 11.3 Å². The number of likely N-dealkylation sites (tertiary alicyclic amines) is 1. The Morgan fingerprint density at radius 1 is 1.23 bits per heavy atom. The molecule has 1 aliphatic carbocycles. The van der Waals surface area contributed by atoms with Crippen LogP contribution in [0.1, 0.15) is 36.0 Å². The van der Waals surface area contributed by atoms with Crippen LogP contribution in [-0.4, -0.2) is 52.3 Å². The SMILES string of the molecule is N#Cc1c(N)sc2c(F)cnc(-c3c4c(c5cnc(OCC6(CN7CC[C@H](F)C7)CC6)nc5c3F)COC4)c12. The number of alkyl halides is 1. The number of hydrogen-bond donors (Lipinski definition) is 1. The monoisotopic (exact) mass is 552 g/mol. The summed E-state index contributed by atoms with van der Waals surface area (Å²) in [5.41, 5.74) is 7.50. The molecule has 0 unspecified atom stereocenters. The Kier molecular flexibility index (Phi) is 5.66. The molecule has 200 valence electrons. The normalized spacial score (nSPS) is 20.0. The van der Waals surface area contributed by atoms with E-state index in [0.717, 1.165) is 43.5 Å². The van der Waals surface area contributed by atoms with Crippen LogP contribution in [0.15, 0.2) is 12.4 Å². The van der Waals surface area contributed by atoms with Gasteiger partial charge >= 0.3 is 6.01 Å². The van der Waals surface area contributed by atoms with Crippen molar-refractivity contribution >= 4 is 37.3 Å². The third-order valence-corrected chi connectivity index (χ3v) is 8.99. The van der Waals surface area contributed by atoms with Crippen molar-refractivity contribution in [3.05, 3.63) is 40.7 Å². The van der Waals surface area contributed by atoms with E-state index in [0.29, 0.717) is 36.1 Å². The number of anilines is 1. The van der Waals surface area contributed by atoms with Crippen LogP contribution in [0.4, 0.5) is 18.2 Å². The molecule has 0 bridgehead atoms. The molecule has 0 spiro atoms. The van der Waals surface area contributed by atoms with Gasteiger partial charge in [0, 0.05) is 47.6 Å². The molecule has 2 aliphatic heterocycles. The number of nitrogens with zero attached hydrogens (tertiary/aromatic N) is 5. The second kappa shape index (κ2) is 9.01. The van der Waals surface area contributed by atoms with Crippen LogP contribution in [-0.2, 0) is 18.0 Å². The van der Waals surface area contributed by atoms with Crippen LogP contribution in [0.5, 0.6) is 6.01 Å². The minimum Gasteiger partial charge on any atom is -0.463 e. The van der Waals surface area contributed by atoms with Gasteiger partial charge in [0.15, 0.2) is 11.6 Å². The van der Waals surface area contributed by atoms with Crippen LogP contribution in [0.2, 0.25) is 0 Å². The number of nitriles is 1. The summed E-state index contributed by atoms with van der Waals surface area (Å²) >= 11 is 0.927. The molecular weight excluding hydrogens is 529 g/mol. The lowest BCUT2D eigenvalue weighted by Gasteiger charge is -2.22. The number of pyridine rings is 1. The first-order chi connectivity index (χ1) is 18.9. The minimum absolute atomic E-state index is 0.0323. The number of halogens is 3. The summed E-state index contributed by atoms with van der Waals surface area (Å²) in [7, 11) is 0. The zero-order chi connectivity index (χ0) is 26.9. The zero-order valence-corrected chi connectivity index (χ0v) is 21.6. The molecular formula is C27H23F3N6O2S. The molecule has 12 heteroatoms. The lowest BCUT2D eigenvalue weighted by molar-refractivity contribution is 0.135. The van der Waals surface area contributed by atoms with E-state index in [1.165, 1.54) is 6.20 Å². The Morgan fingerprint density at radius 3 is 2.79 bits per heavy atom. The van der Waals surface area contributed by atoms with Crippen LogP contribution in [0.3, 0.4) is 0 Å². The zero-order valence-electron chi connectivity index (χ0n) is 20.8. The first-order valence-electron chi connectivity index (χ1n) is 12.7. The Balaban J connectivity index is 1.29. The quantitative estimate of drug-likeness (QED) is 0.361. The molecule has 39 heavy (non-hydrogen) atoms. The van der Waals surface area contributed by atoms with Gasteiger partial charge in [0.1, 0.15) is 22.8 Å². The molecule has 0 radical (unpaired) electrons. The Labute approximate surface area is 225 Å². The van der Waals surface area contributed by atoms with Gasteiger partial charge in [-0.1, -0.05) is 0 Å². The summed E-state index contributed by atoms with van der Waals surface area (Å²) in [5, 5.41) is 10.5. The molecule has 3 aromatic heterocycles. The van der Waals surface area contributed by atoms with E-state index < -0.39 is 17.8 Å². The number of fused-ring (bicyclic) bond motifs is 4. The molecule has 2 fully saturated rings. The topological polar surface area (TPSA) is 110 Å². The number of nitrogen functional groups attached to an aromatic ring is 1. The molecule has 7 rings (SSSR count). The van der Waals surface area contributed by atoms with Gasteiger partial charge < -0.3 is 15.2 Å². The molecule has 3 aliphatic rings. The fourth-order valence-electron chi connectivity index (χ4n) is 5.75. The predicted octanol–water partition coefficient (Wildman–Crippen LogP) is 4.87. The summed E-state index contributed by atoms with van der Waals surface area (Å²) < 4.78 is 56.4. The van der Waals surface area contributed by atoms with Crippen LogP contribution in [0.25, 0.3) is 32.2 Å². The van der Waals surface area contributed by atoms with E-state index in [1.54, 1.807) is 0 Å². The summed E-state index contributed by atoms with van der Waals surface area (Å²) in [6, 6.07) is 2.05. The molecule has 1 aromatic carbocycles. The first kappa shape index (κ1) is 24.5. The van der Waals surface area contributed by atoms with E-state index in [1.807, 2.05) is 6.07 Å². The maximum atomic E-state index is 16.4. The van der Waals surface area contributed by atoms with Crippen molar-refractivity contribution in [1.82, 2.24) is 19.9 Å². The van der Waals surface area contributed by atoms with Crippen molar-refractivity contribution in [2.75, 3.05) is 32.0 Å². The van der Waals surface area contributed by atoms with Crippen molar-refractivity contribution in [2.45, 2.75) is 38.6 Å². The summed E-state index contributed by atoms with van der Waals surface area (Å²) in [6.45, 7) is 2.64. The van der Waals surface area contributed by atoms with E-state index in [2.05, 4.69) is 19.9 Å². The predicted molar refractivity (Wildman–Crippen MR) is 139 cm³/mol. The first-order valence-corrected chi connectivity index (χ1v) is 13.5. The highest BCUT2D eigenvalue weighted by Gasteiger charge is 2.46. The average molecular weight is 553 g/mol. The van der Waals surface area contributed by atoms with Gasteiger partial charge in [-0.05, 0) is 30.4 Å². The smallest absolute Gasteiger partial charge is 0.317 e. The van der Waals surface area contributed by atoms with Gasteiger partial charge in [-0.25, -0.2) is 18.2 Å². The van der Waals surface area contributed by atoms with E-state index in [9.17, 15) is 14.0 Å². The molecule has 5 heterocycles. The second-order valence-corrected chi connectivity index (χ2v) is 11.6. The maximum absolute atomic E-state index is 16.4. The average Bonchev–Trinajstić information content (AvgIpc) is 3.21. The van der Waals surface area contributed by atoms with Gasteiger partial charge in [-0.3, -0.25) is 9.88 Å². The fraction of sp³-hybridized carbons (Fsp3) is 0.407. The van der Waals surface area contributed by atoms with Gasteiger partial charge in [0.2, 0.25) is 0 Å². The molecule has 1 atom stereocenters. The summed E-state index contributed by atoms with van der Waals surface area (Å²) in [6.07, 6.45) is 4.26. The number of aromatic nitrogens is 3. The van der Waals surface area contributed by atoms with E-state index in [4.69, 9.17) is 15.2 Å². The molecule has 1 saturated heterocycles. The molecule has 0 amide bonds. The lowest BCUT2D eigenvalue weighted by Crippen LogP contribution is -2.32. The highest BCUT2D eigenvalue weighted by Crippen LogP contribution is 2.48. The summed E-state index contributed by atoms with van der Waals surface area (Å²) in [4.78, 5) is 15.1. The third-order valence-electron chi connectivity index (χ3n) is 7.96. The largest absolute Gasteiger partial charge is 0.463 e. The molecule has 8 nitrogen and oxygen atoms in total. The number of nitrogens with two attached hydrogens (primary N) is 1. The van der Waals surface area contributed by atoms with Crippen molar-refractivity contribution in [3.8, 4) is 23.3 Å². The fourth-order valence-corrected chi connectivity index (χ4v) is 6.67. The number of ether oxygens (including phenoxy) is 2. The van der Waals surface area contributed by atoms with Gasteiger partial charge in [-0.2, -0.15) is 10.2 Å². The number of rotatable bonds is 6. The Bertz CT molecular complexity index is 1700. The second-order valence-electron chi connectivity index (χ2n) is 10.6. The van der Waals surface area contributed by atoms with Gasteiger partial charge in [0.05, 0.1) is 42.0 Å². The highest BCUT2D eigenvalue weighted by molar-refractivity contribution is 7.23. The van der Waals surface area contributed by atoms with Crippen molar-refractivity contribution in [3.63, 3.8) is 0 Å². The number of thiophene rings is 1. The van der Waals surface area contributed by atoms with Crippen molar-refractivity contribution in [1.29, 1.82) is 5.26 Å². The molecule has 4 aromatic rings. The number of hydrogen-bond acceptors (Lipinski definition) is 9. The van der Waals surface area contributed by atoms with E-state index >= 15 is 4.39 Å². The van der Waals surface area contributed by atoms with Gasteiger partial charge in [0.25, 0.3) is 0 Å². The van der Waals surface area contributed by atoms with Crippen LogP contribution in [0, 0.1) is 28.4 Å². The van der Waals surface area contributed by atoms with Crippen LogP contribution < -0.4 is 10.5 Å². The van der Waals surface area contributed by atoms with Crippen molar-refractivity contribution < 1.29 is 22.6 Å². The Morgan fingerprint density at radius 2 is 2.05 bits per heavy atom. The van der Waals surface area contributed by atoms with Gasteiger partial charge in [-0.15, -0.1) is 11.3 Å². The standard InChI is InChI=1S/C27H23F3N6O2S/c28-13-1-4-36(8-13)11-27(2-3-27)12-38-26-34-6-15-16-9-37-10-17(16)19(21(30)22(15)35-26)23-20-14(5-31)25(32)39-24(20)18(29)7-33-23/h6-7,13H,1-4,8-12,32H2/t13-/m0/s1. The Hall–Kier alpha value is -3.53. The van der Waals surface area contributed by atoms with Crippen molar-refractivity contribution in [2.24, 2.45) is 5.41 Å². The molecule has 1 saturated carbocycles. The van der Waals surface area contributed by atoms with E-state index in [-0.39, 0.29) is 62.1 Å². The molecule has 2 N–H and O–H groups in total. The third kappa shape index (κ3) is 3.99. The highest BCUT2D eigenvalue weighted by atomic mass is 32.1.